The molecule has 1 aliphatic heterocycles. The van der Waals surface area contributed by atoms with E-state index in [1.165, 1.54) is 0 Å². The van der Waals surface area contributed by atoms with Gasteiger partial charge in [0.1, 0.15) is 5.65 Å². The highest BCUT2D eigenvalue weighted by atomic mass is 16.1. The molecular formula is C16H13N3O. The van der Waals surface area contributed by atoms with Crippen LogP contribution in [0.1, 0.15) is 15.9 Å². The SMILES string of the molecule is Cn1ccc2c(-c3cccc4c3CNC4=O)ccnc21. The van der Waals surface area contributed by atoms with Gasteiger partial charge in [0.2, 0.25) is 0 Å². The maximum absolute atomic E-state index is 11.8. The molecular weight excluding hydrogens is 250 g/mol. The molecule has 0 spiro atoms. The maximum Gasteiger partial charge on any atom is 0.251 e. The summed E-state index contributed by atoms with van der Waals surface area (Å²) in [4.78, 5) is 16.2. The summed E-state index contributed by atoms with van der Waals surface area (Å²) >= 11 is 0. The normalized spacial score (nSPS) is 13.6. The quantitative estimate of drug-likeness (QED) is 0.733. The van der Waals surface area contributed by atoms with Gasteiger partial charge >= 0.3 is 0 Å². The minimum Gasteiger partial charge on any atom is -0.348 e. The molecule has 98 valence electrons. The molecule has 1 amide bonds. The minimum atomic E-state index is 0.0141. The van der Waals surface area contributed by atoms with Crippen molar-refractivity contribution in [2.24, 2.45) is 7.05 Å². The Morgan fingerprint density at radius 2 is 2.00 bits per heavy atom. The molecule has 2 aromatic heterocycles. The molecule has 3 heterocycles. The van der Waals surface area contributed by atoms with Crippen LogP contribution in [-0.2, 0) is 13.6 Å². The number of nitrogens with one attached hydrogen (secondary N) is 1. The number of carbonyl (C=O) groups excluding carboxylic acids is 1. The molecule has 0 saturated heterocycles. The Labute approximate surface area is 116 Å². The molecule has 1 aromatic carbocycles. The average Bonchev–Trinajstić information content (AvgIpc) is 3.03. The van der Waals surface area contributed by atoms with Crippen LogP contribution in [0.3, 0.4) is 0 Å². The summed E-state index contributed by atoms with van der Waals surface area (Å²) in [5, 5.41) is 4.00. The summed E-state index contributed by atoms with van der Waals surface area (Å²) in [6.45, 7) is 0.598. The topological polar surface area (TPSA) is 46.9 Å². The zero-order valence-electron chi connectivity index (χ0n) is 11.1. The molecule has 3 aromatic rings. The van der Waals surface area contributed by atoms with E-state index in [4.69, 9.17) is 0 Å². The average molecular weight is 263 g/mol. The molecule has 0 saturated carbocycles. The number of amides is 1. The highest BCUT2D eigenvalue weighted by molar-refractivity contribution is 6.02. The summed E-state index contributed by atoms with van der Waals surface area (Å²) in [6, 6.07) is 9.97. The van der Waals surface area contributed by atoms with Gasteiger partial charge in [-0.05, 0) is 34.9 Å². The Balaban J connectivity index is 2.04. The van der Waals surface area contributed by atoms with E-state index < -0.39 is 0 Å². The van der Waals surface area contributed by atoms with Gasteiger partial charge in [-0.25, -0.2) is 4.98 Å². The Hall–Kier alpha value is -2.62. The zero-order valence-corrected chi connectivity index (χ0v) is 11.1. The first-order chi connectivity index (χ1) is 9.75. The van der Waals surface area contributed by atoms with Gasteiger partial charge in [-0.3, -0.25) is 4.79 Å². The second-order valence-electron chi connectivity index (χ2n) is 5.04. The van der Waals surface area contributed by atoms with Gasteiger partial charge in [0, 0.05) is 36.9 Å². The first kappa shape index (κ1) is 11.2. The number of nitrogens with zero attached hydrogens (tertiary/aromatic N) is 2. The Kier molecular flexibility index (Phi) is 2.21. The number of aryl methyl sites for hydroxylation is 1. The third-order valence-electron chi connectivity index (χ3n) is 3.90. The lowest BCUT2D eigenvalue weighted by molar-refractivity contribution is 0.0966. The Morgan fingerprint density at radius 3 is 2.90 bits per heavy atom. The lowest BCUT2D eigenvalue weighted by Crippen LogP contribution is -2.12. The van der Waals surface area contributed by atoms with Crippen LogP contribution in [0.25, 0.3) is 22.2 Å². The van der Waals surface area contributed by atoms with Crippen LogP contribution in [0.15, 0.2) is 42.7 Å². The van der Waals surface area contributed by atoms with Crippen molar-refractivity contribution in [1.82, 2.24) is 14.9 Å². The van der Waals surface area contributed by atoms with Crippen molar-refractivity contribution < 1.29 is 4.79 Å². The summed E-state index contributed by atoms with van der Waals surface area (Å²) < 4.78 is 2.01. The van der Waals surface area contributed by atoms with E-state index in [-0.39, 0.29) is 5.91 Å². The van der Waals surface area contributed by atoms with Gasteiger partial charge in [-0.15, -0.1) is 0 Å². The van der Waals surface area contributed by atoms with Crippen LogP contribution in [0.2, 0.25) is 0 Å². The summed E-state index contributed by atoms with van der Waals surface area (Å²) in [5.41, 5.74) is 5.05. The van der Waals surface area contributed by atoms with E-state index in [0.717, 1.165) is 33.3 Å². The Bertz CT molecular complexity index is 848. The van der Waals surface area contributed by atoms with E-state index in [0.29, 0.717) is 6.54 Å². The third kappa shape index (κ3) is 1.42. The summed E-state index contributed by atoms with van der Waals surface area (Å²) in [5.74, 6) is 0.0141. The molecule has 0 fully saturated rings. The highest BCUT2D eigenvalue weighted by Gasteiger charge is 2.22. The smallest absolute Gasteiger partial charge is 0.251 e. The van der Waals surface area contributed by atoms with Crippen molar-refractivity contribution >= 4 is 16.9 Å². The molecule has 0 unspecified atom stereocenters. The number of pyridine rings is 1. The molecule has 1 N–H and O–H groups in total. The van der Waals surface area contributed by atoms with Gasteiger partial charge in [-0.1, -0.05) is 12.1 Å². The van der Waals surface area contributed by atoms with Crippen molar-refractivity contribution in [3.63, 3.8) is 0 Å². The number of hydrogen-bond donors (Lipinski definition) is 1. The molecule has 0 atom stereocenters. The maximum atomic E-state index is 11.8. The monoisotopic (exact) mass is 263 g/mol. The van der Waals surface area contributed by atoms with Gasteiger partial charge in [-0.2, -0.15) is 0 Å². The van der Waals surface area contributed by atoms with Crippen LogP contribution in [0.4, 0.5) is 0 Å². The van der Waals surface area contributed by atoms with Gasteiger partial charge in [0.25, 0.3) is 5.91 Å². The lowest BCUT2D eigenvalue weighted by atomic mass is 9.96. The fourth-order valence-electron chi connectivity index (χ4n) is 2.91. The van der Waals surface area contributed by atoms with E-state index in [1.54, 1.807) is 0 Å². The van der Waals surface area contributed by atoms with Crippen molar-refractivity contribution in [3.05, 3.63) is 53.9 Å². The van der Waals surface area contributed by atoms with Crippen molar-refractivity contribution in [3.8, 4) is 11.1 Å². The number of hydrogen-bond acceptors (Lipinski definition) is 2. The van der Waals surface area contributed by atoms with Crippen LogP contribution in [0.5, 0.6) is 0 Å². The minimum absolute atomic E-state index is 0.0141. The second kappa shape index (κ2) is 3.93. The van der Waals surface area contributed by atoms with Crippen molar-refractivity contribution in [2.45, 2.75) is 6.54 Å². The number of fused-ring (bicyclic) bond motifs is 2. The van der Waals surface area contributed by atoms with Crippen molar-refractivity contribution in [2.75, 3.05) is 0 Å². The highest BCUT2D eigenvalue weighted by Crippen LogP contribution is 2.33. The standard InChI is InChI=1S/C16H13N3O/c1-19-8-6-12-11(5-7-17-15(12)19)10-3-2-4-13-14(10)9-18-16(13)20/h2-8H,9H2,1H3,(H,18,20). The van der Waals surface area contributed by atoms with E-state index in [2.05, 4.69) is 22.4 Å². The van der Waals surface area contributed by atoms with E-state index in [1.807, 2.05) is 42.2 Å². The third-order valence-corrected chi connectivity index (χ3v) is 3.90. The fraction of sp³-hybridized carbons (Fsp3) is 0.125. The lowest BCUT2D eigenvalue weighted by Gasteiger charge is -2.08. The van der Waals surface area contributed by atoms with Crippen LogP contribution < -0.4 is 5.32 Å². The van der Waals surface area contributed by atoms with Gasteiger partial charge in [0.15, 0.2) is 0 Å². The molecule has 20 heavy (non-hydrogen) atoms. The first-order valence-corrected chi connectivity index (χ1v) is 6.56. The first-order valence-electron chi connectivity index (χ1n) is 6.56. The van der Waals surface area contributed by atoms with E-state index in [9.17, 15) is 4.79 Å². The van der Waals surface area contributed by atoms with Crippen molar-refractivity contribution in [1.29, 1.82) is 0 Å². The largest absolute Gasteiger partial charge is 0.348 e. The fourth-order valence-corrected chi connectivity index (χ4v) is 2.91. The summed E-state index contributed by atoms with van der Waals surface area (Å²) in [7, 11) is 1.99. The molecule has 0 radical (unpaired) electrons. The molecule has 1 aliphatic rings. The number of rotatable bonds is 1. The second-order valence-corrected chi connectivity index (χ2v) is 5.04. The van der Waals surface area contributed by atoms with Gasteiger partial charge < -0.3 is 9.88 Å². The number of benzene rings is 1. The molecule has 4 heteroatoms. The number of aromatic nitrogens is 2. The van der Waals surface area contributed by atoms with Crippen LogP contribution in [-0.4, -0.2) is 15.5 Å². The van der Waals surface area contributed by atoms with Gasteiger partial charge in [0.05, 0.1) is 0 Å². The molecule has 0 bridgehead atoms. The molecule has 0 aliphatic carbocycles. The van der Waals surface area contributed by atoms with E-state index >= 15 is 0 Å². The molecule has 4 rings (SSSR count). The number of carbonyl (C=O) groups is 1. The van der Waals surface area contributed by atoms with Crippen LogP contribution >= 0.6 is 0 Å². The zero-order chi connectivity index (χ0) is 13.7. The predicted octanol–water partition coefficient (Wildman–Crippen LogP) is 2.48. The van der Waals surface area contributed by atoms with Crippen LogP contribution in [0, 0.1) is 0 Å². The predicted molar refractivity (Wildman–Crippen MR) is 77.3 cm³/mol. The molecule has 4 nitrogen and oxygen atoms in total. The summed E-state index contributed by atoms with van der Waals surface area (Å²) in [6.07, 6.45) is 3.83. The Morgan fingerprint density at radius 1 is 1.15 bits per heavy atom.